The average Bonchev–Trinajstić information content (AvgIpc) is 2.96. The van der Waals surface area contributed by atoms with Gasteiger partial charge in [0.2, 0.25) is 0 Å². The van der Waals surface area contributed by atoms with Gasteiger partial charge in [0, 0.05) is 5.56 Å². The first kappa shape index (κ1) is 13.9. The molecule has 6 heteroatoms. The topological polar surface area (TPSA) is 76.1 Å². The van der Waals surface area contributed by atoms with E-state index in [2.05, 4.69) is 0 Å². The Kier molecular flexibility index (Phi) is 3.65. The summed E-state index contributed by atoms with van der Waals surface area (Å²) in [4.78, 5) is 24.5. The van der Waals surface area contributed by atoms with Gasteiger partial charge < -0.3 is 14.6 Å². The number of carbonyl (C=O) groups is 2. The van der Waals surface area contributed by atoms with Crippen molar-refractivity contribution in [1.29, 1.82) is 0 Å². The molecule has 3 rings (SSSR count). The van der Waals surface area contributed by atoms with Gasteiger partial charge in [0.25, 0.3) is 5.91 Å². The van der Waals surface area contributed by atoms with Gasteiger partial charge >= 0.3 is 6.09 Å². The third-order valence-corrected chi connectivity index (χ3v) is 3.18. The van der Waals surface area contributed by atoms with Gasteiger partial charge in [0.05, 0.1) is 6.54 Å². The van der Waals surface area contributed by atoms with Crippen LogP contribution in [0.2, 0.25) is 0 Å². The average molecular weight is 299 g/mol. The van der Waals surface area contributed by atoms with E-state index in [0.29, 0.717) is 17.1 Å². The van der Waals surface area contributed by atoms with Crippen LogP contribution < -0.4 is 4.74 Å². The number of amides is 2. The van der Waals surface area contributed by atoms with Gasteiger partial charge in [0.1, 0.15) is 23.9 Å². The number of rotatable bonds is 3. The van der Waals surface area contributed by atoms with Crippen LogP contribution in [0.15, 0.2) is 48.5 Å². The number of ether oxygens (including phenoxy) is 2. The molecular formula is C16H13NO5. The molecule has 6 nitrogen and oxygen atoms in total. The highest BCUT2D eigenvalue weighted by Crippen LogP contribution is 2.24. The van der Waals surface area contributed by atoms with Crippen molar-refractivity contribution in [2.24, 2.45) is 0 Å². The van der Waals surface area contributed by atoms with Gasteiger partial charge in [0.15, 0.2) is 0 Å². The van der Waals surface area contributed by atoms with Crippen LogP contribution in [-0.2, 0) is 4.74 Å². The Balaban J connectivity index is 1.71. The number of carbonyl (C=O) groups excluding carboxylic acids is 2. The Morgan fingerprint density at radius 2 is 1.64 bits per heavy atom. The minimum atomic E-state index is -0.616. The number of imide groups is 1. The van der Waals surface area contributed by atoms with Crippen molar-refractivity contribution in [2.45, 2.75) is 0 Å². The molecule has 0 saturated carbocycles. The van der Waals surface area contributed by atoms with E-state index in [9.17, 15) is 14.7 Å². The summed E-state index contributed by atoms with van der Waals surface area (Å²) >= 11 is 0. The molecule has 112 valence electrons. The van der Waals surface area contributed by atoms with Crippen molar-refractivity contribution >= 4 is 12.0 Å². The molecule has 0 aromatic heterocycles. The molecule has 1 aliphatic heterocycles. The highest BCUT2D eigenvalue weighted by Gasteiger charge is 2.29. The molecule has 2 amide bonds. The maximum absolute atomic E-state index is 12.1. The van der Waals surface area contributed by atoms with Crippen LogP contribution in [-0.4, -0.2) is 35.2 Å². The smallest absolute Gasteiger partial charge is 0.416 e. The molecule has 22 heavy (non-hydrogen) atoms. The monoisotopic (exact) mass is 299 g/mol. The molecule has 2 aromatic rings. The second-order valence-electron chi connectivity index (χ2n) is 4.69. The first-order valence-corrected chi connectivity index (χ1v) is 6.69. The van der Waals surface area contributed by atoms with Gasteiger partial charge in [-0.15, -0.1) is 0 Å². The predicted octanol–water partition coefficient (Wildman–Crippen LogP) is 2.78. The first-order valence-electron chi connectivity index (χ1n) is 6.69. The zero-order valence-electron chi connectivity index (χ0n) is 11.6. The van der Waals surface area contributed by atoms with Crippen LogP contribution in [0.3, 0.4) is 0 Å². The van der Waals surface area contributed by atoms with Crippen molar-refractivity contribution in [3.63, 3.8) is 0 Å². The molecule has 0 aliphatic carbocycles. The van der Waals surface area contributed by atoms with E-state index in [1.54, 1.807) is 36.4 Å². The fourth-order valence-corrected chi connectivity index (χ4v) is 2.05. The molecule has 1 saturated heterocycles. The molecule has 2 aromatic carbocycles. The number of aromatic hydroxyl groups is 1. The van der Waals surface area contributed by atoms with E-state index in [4.69, 9.17) is 9.47 Å². The van der Waals surface area contributed by atoms with E-state index in [0.717, 1.165) is 4.90 Å². The van der Waals surface area contributed by atoms with Crippen LogP contribution in [0.1, 0.15) is 10.4 Å². The van der Waals surface area contributed by atoms with Gasteiger partial charge in [-0.25, -0.2) is 9.69 Å². The summed E-state index contributed by atoms with van der Waals surface area (Å²) < 4.78 is 10.3. The second-order valence-corrected chi connectivity index (χ2v) is 4.69. The maximum Gasteiger partial charge on any atom is 0.416 e. The van der Waals surface area contributed by atoms with Crippen LogP contribution in [0.25, 0.3) is 0 Å². The lowest BCUT2D eigenvalue weighted by Crippen LogP contribution is -2.31. The molecule has 1 fully saturated rings. The standard InChI is InChI=1S/C16H13NO5/c18-12-3-7-14(8-4-12)22-13-5-1-11(2-6-13)15(19)17-9-10-21-16(17)20/h1-8,18H,9-10H2. The minimum Gasteiger partial charge on any atom is -0.508 e. The molecule has 1 N–H and O–H groups in total. The van der Waals surface area contributed by atoms with E-state index < -0.39 is 12.0 Å². The Hall–Kier alpha value is -3.02. The van der Waals surface area contributed by atoms with Gasteiger partial charge in [-0.2, -0.15) is 0 Å². The molecule has 0 radical (unpaired) electrons. The van der Waals surface area contributed by atoms with E-state index in [1.807, 2.05) is 0 Å². The molecule has 0 spiro atoms. The molecule has 1 heterocycles. The van der Waals surface area contributed by atoms with Crippen molar-refractivity contribution < 1.29 is 24.2 Å². The summed E-state index contributed by atoms with van der Waals surface area (Å²) in [5.41, 5.74) is 0.386. The summed E-state index contributed by atoms with van der Waals surface area (Å²) in [6.45, 7) is 0.496. The normalized spacial score (nSPS) is 13.8. The zero-order valence-corrected chi connectivity index (χ0v) is 11.6. The quantitative estimate of drug-likeness (QED) is 0.943. The highest BCUT2D eigenvalue weighted by molar-refractivity contribution is 6.03. The van der Waals surface area contributed by atoms with E-state index >= 15 is 0 Å². The molecular weight excluding hydrogens is 286 g/mol. The number of phenolic OH excluding ortho intramolecular Hbond substituents is 1. The number of phenols is 1. The number of nitrogens with zero attached hydrogens (tertiary/aromatic N) is 1. The number of benzene rings is 2. The molecule has 1 aliphatic rings. The Labute approximate surface area is 126 Å². The second kappa shape index (κ2) is 5.77. The molecule has 0 unspecified atom stereocenters. The van der Waals surface area contributed by atoms with Crippen molar-refractivity contribution in [3.8, 4) is 17.2 Å². The lowest BCUT2D eigenvalue weighted by atomic mass is 10.2. The number of hydrogen-bond donors (Lipinski definition) is 1. The first-order chi connectivity index (χ1) is 10.6. The van der Waals surface area contributed by atoms with Crippen molar-refractivity contribution in [3.05, 3.63) is 54.1 Å². The Bertz CT molecular complexity index is 693. The van der Waals surface area contributed by atoms with Gasteiger partial charge in [-0.3, -0.25) is 4.79 Å². The van der Waals surface area contributed by atoms with Gasteiger partial charge in [-0.1, -0.05) is 0 Å². The summed E-state index contributed by atoms with van der Waals surface area (Å²) in [5.74, 6) is 0.885. The summed E-state index contributed by atoms with van der Waals surface area (Å²) in [5, 5.41) is 9.21. The predicted molar refractivity (Wildman–Crippen MR) is 77.0 cm³/mol. The fraction of sp³-hybridized carbons (Fsp3) is 0.125. The fourth-order valence-electron chi connectivity index (χ4n) is 2.05. The SMILES string of the molecule is O=C1OCCN1C(=O)c1ccc(Oc2ccc(O)cc2)cc1. The Morgan fingerprint density at radius 3 is 2.18 bits per heavy atom. The van der Waals surface area contributed by atoms with Crippen LogP contribution >= 0.6 is 0 Å². The zero-order chi connectivity index (χ0) is 15.5. The van der Waals surface area contributed by atoms with E-state index in [-0.39, 0.29) is 18.9 Å². The van der Waals surface area contributed by atoms with Crippen molar-refractivity contribution in [2.75, 3.05) is 13.2 Å². The van der Waals surface area contributed by atoms with Crippen LogP contribution in [0.5, 0.6) is 17.2 Å². The van der Waals surface area contributed by atoms with Crippen LogP contribution in [0, 0.1) is 0 Å². The Morgan fingerprint density at radius 1 is 1.05 bits per heavy atom. The molecule has 0 bridgehead atoms. The number of hydrogen-bond acceptors (Lipinski definition) is 5. The summed E-state index contributed by atoms with van der Waals surface area (Å²) in [6.07, 6.45) is -0.616. The highest BCUT2D eigenvalue weighted by atomic mass is 16.6. The minimum absolute atomic E-state index is 0.158. The molecule has 0 atom stereocenters. The third kappa shape index (κ3) is 2.85. The summed E-state index contributed by atoms with van der Waals surface area (Å²) in [6, 6.07) is 12.8. The maximum atomic E-state index is 12.1. The van der Waals surface area contributed by atoms with E-state index in [1.165, 1.54) is 12.1 Å². The third-order valence-electron chi connectivity index (χ3n) is 3.18. The largest absolute Gasteiger partial charge is 0.508 e. The van der Waals surface area contributed by atoms with Crippen LogP contribution in [0.4, 0.5) is 4.79 Å². The van der Waals surface area contributed by atoms with Gasteiger partial charge in [-0.05, 0) is 48.5 Å². The lowest BCUT2D eigenvalue weighted by Gasteiger charge is -2.11. The lowest BCUT2D eigenvalue weighted by molar-refractivity contribution is 0.0810. The number of cyclic esters (lactones) is 1. The summed E-state index contributed by atoms with van der Waals surface area (Å²) in [7, 11) is 0. The van der Waals surface area contributed by atoms with Crippen molar-refractivity contribution in [1.82, 2.24) is 4.90 Å².